The van der Waals surface area contributed by atoms with E-state index < -0.39 is 0 Å². The zero-order valence-electron chi connectivity index (χ0n) is 7.91. The van der Waals surface area contributed by atoms with Crippen LogP contribution in [-0.4, -0.2) is 48.3 Å². The molecule has 2 aliphatic heterocycles. The van der Waals surface area contributed by atoms with Crippen LogP contribution in [0, 0.1) is 0 Å². The average Bonchev–Trinajstić information content (AvgIpc) is 2.57. The van der Waals surface area contributed by atoms with Crippen molar-refractivity contribution in [3.05, 3.63) is 0 Å². The van der Waals surface area contributed by atoms with E-state index in [2.05, 4.69) is 10.2 Å². The monoisotopic (exact) mass is 206 g/mol. The molecule has 0 aliphatic carbocycles. The first-order valence-corrected chi connectivity index (χ1v) is 5.01. The minimum atomic E-state index is -0.0932. The zero-order chi connectivity index (χ0) is 8.39. The Morgan fingerprint density at radius 2 is 1.92 bits per heavy atom. The van der Waals surface area contributed by atoms with E-state index in [0.29, 0.717) is 6.04 Å². The molecule has 2 rings (SSSR count). The molecule has 0 bridgehead atoms. The van der Waals surface area contributed by atoms with E-state index in [4.69, 9.17) is 0 Å². The molecule has 2 saturated heterocycles. The second kappa shape index (κ2) is 5.15. The maximum atomic E-state index is 9.75. The summed E-state index contributed by atoms with van der Waals surface area (Å²) in [5.41, 5.74) is 0. The van der Waals surface area contributed by atoms with Gasteiger partial charge < -0.3 is 10.4 Å². The molecule has 2 atom stereocenters. The second-order valence-electron chi connectivity index (χ2n) is 3.87. The summed E-state index contributed by atoms with van der Waals surface area (Å²) in [6.45, 7) is 4.32. The first-order valence-electron chi connectivity index (χ1n) is 5.01. The van der Waals surface area contributed by atoms with Gasteiger partial charge in [0.1, 0.15) is 0 Å². The van der Waals surface area contributed by atoms with Crippen LogP contribution in [0.4, 0.5) is 0 Å². The predicted octanol–water partition coefficient (Wildman–Crippen LogP) is 0.227. The number of likely N-dealkylation sites (tertiary alicyclic amines) is 1. The smallest absolute Gasteiger partial charge is 0.0719 e. The lowest BCUT2D eigenvalue weighted by atomic mass is 10.0. The van der Waals surface area contributed by atoms with Crippen LogP contribution in [0.15, 0.2) is 0 Å². The van der Waals surface area contributed by atoms with E-state index in [1.807, 2.05) is 0 Å². The highest BCUT2D eigenvalue weighted by molar-refractivity contribution is 5.85. The van der Waals surface area contributed by atoms with Gasteiger partial charge in [-0.25, -0.2) is 0 Å². The number of hydrogen-bond acceptors (Lipinski definition) is 3. The minimum absolute atomic E-state index is 0. The van der Waals surface area contributed by atoms with Crippen molar-refractivity contribution >= 4 is 12.4 Å². The van der Waals surface area contributed by atoms with Crippen molar-refractivity contribution < 1.29 is 5.11 Å². The van der Waals surface area contributed by atoms with Crippen LogP contribution < -0.4 is 5.32 Å². The molecule has 0 aromatic rings. The van der Waals surface area contributed by atoms with Gasteiger partial charge in [-0.05, 0) is 38.9 Å². The van der Waals surface area contributed by atoms with E-state index in [1.54, 1.807) is 0 Å². The van der Waals surface area contributed by atoms with Crippen molar-refractivity contribution in [2.45, 2.75) is 31.4 Å². The number of halogens is 1. The molecule has 78 valence electrons. The number of aliphatic hydroxyl groups is 1. The van der Waals surface area contributed by atoms with E-state index in [0.717, 1.165) is 19.5 Å². The van der Waals surface area contributed by atoms with E-state index in [-0.39, 0.29) is 18.5 Å². The van der Waals surface area contributed by atoms with Gasteiger partial charge in [0.15, 0.2) is 0 Å². The molecule has 13 heavy (non-hydrogen) atoms. The van der Waals surface area contributed by atoms with E-state index in [9.17, 15) is 5.11 Å². The number of nitrogens with zero attached hydrogens (tertiary/aromatic N) is 1. The highest BCUT2D eigenvalue weighted by Crippen LogP contribution is 2.17. The summed E-state index contributed by atoms with van der Waals surface area (Å²) in [7, 11) is 0. The topological polar surface area (TPSA) is 35.5 Å². The van der Waals surface area contributed by atoms with Gasteiger partial charge in [0.25, 0.3) is 0 Å². The summed E-state index contributed by atoms with van der Waals surface area (Å²) in [5, 5.41) is 13.1. The lowest BCUT2D eigenvalue weighted by molar-refractivity contribution is 0.0398. The fraction of sp³-hybridized carbons (Fsp3) is 1.00. The first-order chi connectivity index (χ1) is 5.88. The Hall–Kier alpha value is 0.170. The van der Waals surface area contributed by atoms with Crippen LogP contribution in [0.1, 0.15) is 19.3 Å². The maximum Gasteiger partial charge on any atom is 0.0719 e. The fourth-order valence-corrected chi connectivity index (χ4v) is 2.27. The van der Waals surface area contributed by atoms with Crippen LogP contribution >= 0.6 is 12.4 Å². The first kappa shape index (κ1) is 11.2. The fourth-order valence-electron chi connectivity index (χ4n) is 2.27. The largest absolute Gasteiger partial charge is 0.391 e. The number of rotatable bonds is 1. The SMILES string of the molecule is Cl.O[C@@H]1CCNC[C@H]1N1CCCC1. The van der Waals surface area contributed by atoms with E-state index in [1.165, 1.54) is 25.9 Å². The summed E-state index contributed by atoms with van der Waals surface area (Å²) < 4.78 is 0. The Labute approximate surface area is 85.9 Å². The molecule has 0 aromatic carbocycles. The molecule has 0 unspecified atom stereocenters. The molecule has 2 fully saturated rings. The van der Waals surface area contributed by atoms with Crippen LogP contribution in [0.3, 0.4) is 0 Å². The number of piperidine rings is 1. The van der Waals surface area contributed by atoms with Gasteiger partial charge in [0.05, 0.1) is 6.10 Å². The van der Waals surface area contributed by atoms with Crippen molar-refractivity contribution in [2.24, 2.45) is 0 Å². The molecule has 0 saturated carbocycles. The summed E-state index contributed by atoms with van der Waals surface area (Å²) in [4.78, 5) is 2.43. The van der Waals surface area contributed by atoms with Gasteiger partial charge in [-0.1, -0.05) is 0 Å². The Bertz CT molecular complexity index is 151. The Kier molecular flexibility index (Phi) is 4.46. The molecule has 2 N–H and O–H groups in total. The average molecular weight is 207 g/mol. The molecule has 4 heteroatoms. The molecule has 0 spiro atoms. The van der Waals surface area contributed by atoms with Gasteiger partial charge >= 0.3 is 0 Å². The molecule has 3 nitrogen and oxygen atoms in total. The quantitative estimate of drug-likeness (QED) is 0.645. The second-order valence-corrected chi connectivity index (χ2v) is 3.87. The van der Waals surface area contributed by atoms with E-state index >= 15 is 0 Å². The normalized spacial score (nSPS) is 35.8. The predicted molar refractivity (Wildman–Crippen MR) is 55.3 cm³/mol. The standard InChI is InChI=1S/C9H18N2O.ClH/c12-9-3-4-10-7-8(9)11-5-1-2-6-11;/h8-10,12H,1-7H2;1H/t8-,9-;/m1./s1. The molecule has 0 radical (unpaired) electrons. The zero-order valence-corrected chi connectivity index (χ0v) is 8.72. The summed E-state index contributed by atoms with van der Waals surface area (Å²) in [6.07, 6.45) is 3.44. The Morgan fingerprint density at radius 1 is 1.23 bits per heavy atom. The Morgan fingerprint density at radius 3 is 2.54 bits per heavy atom. The van der Waals surface area contributed by atoms with Crippen molar-refractivity contribution in [1.29, 1.82) is 0 Å². The van der Waals surface area contributed by atoms with Crippen molar-refractivity contribution in [2.75, 3.05) is 26.2 Å². The highest BCUT2D eigenvalue weighted by atomic mass is 35.5. The minimum Gasteiger partial charge on any atom is -0.391 e. The van der Waals surface area contributed by atoms with Crippen molar-refractivity contribution in [3.63, 3.8) is 0 Å². The number of hydrogen-bond donors (Lipinski definition) is 2. The molecule has 2 heterocycles. The van der Waals surface area contributed by atoms with Crippen molar-refractivity contribution in [3.8, 4) is 0 Å². The molecule has 2 aliphatic rings. The lowest BCUT2D eigenvalue weighted by Crippen LogP contribution is -2.52. The van der Waals surface area contributed by atoms with Crippen LogP contribution in [0.25, 0.3) is 0 Å². The lowest BCUT2D eigenvalue weighted by Gasteiger charge is -2.35. The van der Waals surface area contributed by atoms with Crippen LogP contribution in [-0.2, 0) is 0 Å². The van der Waals surface area contributed by atoms with Crippen LogP contribution in [0.5, 0.6) is 0 Å². The summed E-state index contributed by atoms with van der Waals surface area (Å²) in [5.74, 6) is 0. The van der Waals surface area contributed by atoms with Gasteiger partial charge in [0, 0.05) is 12.6 Å². The van der Waals surface area contributed by atoms with Crippen LogP contribution in [0.2, 0.25) is 0 Å². The molecular formula is C9H19ClN2O. The highest BCUT2D eigenvalue weighted by Gasteiger charge is 2.29. The third-order valence-corrected chi connectivity index (χ3v) is 3.02. The summed E-state index contributed by atoms with van der Waals surface area (Å²) >= 11 is 0. The van der Waals surface area contributed by atoms with Gasteiger partial charge in [0.2, 0.25) is 0 Å². The third kappa shape index (κ3) is 2.56. The third-order valence-electron chi connectivity index (χ3n) is 3.02. The maximum absolute atomic E-state index is 9.75. The van der Waals surface area contributed by atoms with Crippen molar-refractivity contribution in [1.82, 2.24) is 10.2 Å². The number of nitrogens with one attached hydrogen (secondary N) is 1. The molecule has 0 aromatic heterocycles. The number of aliphatic hydroxyl groups excluding tert-OH is 1. The Balaban J connectivity index is 0.000000845. The molecular weight excluding hydrogens is 188 g/mol. The van der Waals surface area contributed by atoms with Gasteiger partial charge in [-0.15, -0.1) is 12.4 Å². The summed E-state index contributed by atoms with van der Waals surface area (Å²) in [6, 6.07) is 0.390. The van der Waals surface area contributed by atoms with Gasteiger partial charge in [-0.3, -0.25) is 4.90 Å². The van der Waals surface area contributed by atoms with Gasteiger partial charge in [-0.2, -0.15) is 0 Å². The molecule has 0 amide bonds.